The van der Waals surface area contributed by atoms with E-state index in [0.717, 1.165) is 15.5 Å². The number of benzene rings is 2. The highest BCUT2D eigenvalue weighted by atomic mass is 79.9. The van der Waals surface area contributed by atoms with Crippen LogP contribution in [0.15, 0.2) is 44.0 Å². The zero-order chi connectivity index (χ0) is 20.7. The summed E-state index contributed by atoms with van der Waals surface area (Å²) >= 11 is 9.44. The SMILES string of the molecule is COc1cc2nc(CN(C)C(=O)Cn3c(=O)oc4ccc(Cl)cc43)[nH]c2cc1Br. The van der Waals surface area contributed by atoms with Gasteiger partial charge in [0.1, 0.15) is 18.1 Å². The zero-order valence-electron chi connectivity index (χ0n) is 15.5. The van der Waals surface area contributed by atoms with E-state index in [1.807, 2.05) is 12.1 Å². The van der Waals surface area contributed by atoms with Gasteiger partial charge < -0.3 is 19.0 Å². The first-order chi connectivity index (χ1) is 13.9. The maximum absolute atomic E-state index is 12.7. The molecule has 4 aromatic rings. The average Bonchev–Trinajstić information content (AvgIpc) is 3.20. The predicted molar refractivity (Wildman–Crippen MR) is 112 cm³/mol. The third-order valence-electron chi connectivity index (χ3n) is 4.54. The number of hydrogen-bond acceptors (Lipinski definition) is 5. The molecule has 0 spiro atoms. The normalized spacial score (nSPS) is 11.3. The van der Waals surface area contributed by atoms with E-state index in [2.05, 4.69) is 25.9 Å². The number of nitrogens with zero attached hydrogens (tertiary/aromatic N) is 3. The Kier molecular flexibility index (Phi) is 5.10. The number of hydrogen-bond donors (Lipinski definition) is 1. The number of rotatable bonds is 5. The van der Waals surface area contributed by atoms with Gasteiger partial charge in [-0.2, -0.15) is 0 Å². The second-order valence-electron chi connectivity index (χ2n) is 6.50. The summed E-state index contributed by atoms with van der Waals surface area (Å²) in [5.41, 5.74) is 2.41. The molecule has 0 aliphatic rings. The van der Waals surface area contributed by atoms with E-state index in [1.165, 1.54) is 9.47 Å². The Morgan fingerprint density at radius 2 is 2.17 bits per heavy atom. The van der Waals surface area contributed by atoms with E-state index in [9.17, 15) is 9.59 Å². The van der Waals surface area contributed by atoms with Gasteiger partial charge in [0.05, 0.1) is 34.7 Å². The van der Waals surface area contributed by atoms with Crippen molar-refractivity contribution in [3.63, 3.8) is 0 Å². The van der Waals surface area contributed by atoms with Crippen molar-refractivity contribution < 1.29 is 13.9 Å². The topological polar surface area (TPSA) is 93.4 Å². The number of nitrogens with one attached hydrogen (secondary N) is 1. The fraction of sp³-hybridized carbons (Fsp3) is 0.211. The highest BCUT2D eigenvalue weighted by Crippen LogP contribution is 2.29. The van der Waals surface area contributed by atoms with Crippen molar-refractivity contribution in [1.29, 1.82) is 0 Å². The summed E-state index contributed by atoms with van der Waals surface area (Å²) in [4.78, 5) is 34.0. The summed E-state index contributed by atoms with van der Waals surface area (Å²) in [5.74, 6) is 0.409. The van der Waals surface area contributed by atoms with Crippen molar-refractivity contribution in [3.8, 4) is 5.75 Å². The maximum Gasteiger partial charge on any atom is 0.420 e. The van der Waals surface area contributed by atoms with Gasteiger partial charge in [-0.1, -0.05) is 11.6 Å². The molecule has 0 unspecified atom stereocenters. The molecule has 1 amide bonds. The smallest absolute Gasteiger partial charge is 0.420 e. The number of imidazole rings is 1. The van der Waals surface area contributed by atoms with Gasteiger partial charge in [-0.05, 0) is 40.2 Å². The van der Waals surface area contributed by atoms with Crippen LogP contribution in [0.3, 0.4) is 0 Å². The molecule has 0 radical (unpaired) electrons. The molecule has 29 heavy (non-hydrogen) atoms. The third-order valence-corrected chi connectivity index (χ3v) is 5.39. The summed E-state index contributed by atoms with van der Waals surface area (Å²) in [6.45, 7) is 0.0843. The summed E-state index contributed by atoms with van der Waals surface area (Å²) < 4.78 is 12.5. The van der Waals surface area contributed by atoms with Crippen LogP contribution in [0.5, 0.6) is 5.75 Å². The fourth-order valence-electron chi connectivity index (χ4n) is 3.05. The Morgan fingerprint density at radius 3 is 2.93 bits per heavy atom. The Bertz CT molecular complexity index is 1290. The molecule has 2 aromatic heterocycles. The molecule has 0 atom stereocenters. The molecule has 1 N–H and O–H groups in total. The second kappa shape index (κ2) is 7.57. The number of H-pyrrole nitrogens is 1. The Morgan fingerprint density at radius 1 is 1.38 bits per heavy atom. The molecular weight excluding hydrogens is 464 g/mol. The van der Waals surface area contributed by atoms with Gasteiger partial charge in [-0.3, -0.25) is 9.36 Å². The van der Waals surface area contributed by atoms with Gasteiger partial charge in [-0.25, -0.2) is 9.78 Å². The van der Waals surface area contributed by atoms with Crippen molar-refractivity contribution in [3.05, 3.63) is 56.2 Å². The van der Waals surface area contributed by atoms with E-state index >= 15 is 0 Å². The molecule has 4 rings (SSSR count). The number of carbonyl (C=O) groups is 1. The minimum atomic E-state index is -0.607. The third kappa shape index (κ3) is 3.75. The Hall–Kier alpha value is -2.78. The van der Waals surface area contributed by atoms with Crippen LogP contribution in [0.1, 0.15) is 5.82 Å². The van der Waals surface area contributed by atoms with Gasteiger partial charge in [0.15, 0.2) is 5.58 Å². The van der Waals surface area contributed by atoms with Crippen LogP contribution in [0.2, 0.25) is 5.02 Å². The number of methoxy groups -OCH3 is 1. The molecule has 0 aliphatic carbocycles. The van der Waals surface area contributed by atoms with Crippen molar-refractivity contribution in [1.82, 2.24) is 19.4 Å². The van der Waals surface area contributed by atoms with Crippen molar-refractivity contribution in [2.75, 3.05) is 14.2 Å². The van der Waals surface area contributed by atoms with Gasteiger partial charge >= 0.3 is 5.76 Å². The molecule has 0 saturated heterocycles. The highest BCUT2D eigenvalue weighted by molar-refractivity contribution is 9.10. The van der Waals surface area contributed by atoms with Crippen molar-refractivity contribution in [2.24, 2.45) is 0 Å². The second-order valence-corrected chi connectivity index (χ2v) is 7.79. The van der Waals surface area contributed by atoms with Crippen LogP contribution in [-0.2, 0) is 17.9 Å². The first-order valence-corrected chi connectivity index (χ1v) is 9.78. The van der Waals surface area contributed by atoms with Gasteiger partial charge in [-0.15, -0.1) is 0 Å². The Labute approximate surface area is 178 Å². The number of aromatic nitrogens is 3. The van der Waals surface area contributed by atoms with Crippen molar-refractivity contribution in [2.45, 2.75) is 13.1 Å². The van der Waals surface area contributed by atoms with E-state index in [1.54, 1.807) is 32.4 Å². The van der Waals surface area contributed by atoms with E-state index < -0.39 is 5.76 Å². The van der Waals surface area contributed by atoms with Crippen molar-refractivity contribution >= 4 is 55.6 Å². The Balaban J connectivity index is 1.55. The monoisotopic (exact) mass is 478 g/mol. The number of aromatic amines is 1. The molecule has 150 valence electrons. The summed E-state index contributed by atoms with van der Waals surface area (Å²) in [7, 11) is 3.23. The lowest BCUT2D eigenvalue weighted by atomic mass is 10.3. The zero-order valence-corrected chi connectivity index (χ0v) is 17.9. The first kappa shape index (κ1) is 19.5. The number of ether oxygens (including phenoxy) is 1. The number of fused-ring (bicyclic) bond motifs is 2. The number of amides is 1. The van der Waals surface area contributed by atoms with Crippen LogP contribution >= 0.6 is 27.5 Å². The number of likely N-dealkylation sites (N-methyl/N-ethyl adjacent to an activating group) is 1. The van der Waals surface area contributed by atoms with E-state index in [-0.39, 0.29) is 19.0 Å². The van der Waals surface area contributed by atoms with E-state index in [0.29, 0.717) is 27.7 Å². The summed E-state index contributed by atoms with van der Waals surface area (Å²) in [6, 6.07) is 8.50. The van der Waals surface area contributed by atoms with Gasteiger partial charge in [0.2, 0.25) is 5.91 Å². The first-order valence-electron chi connectivity index (χ1n) is 8.60. The van der Waals surface area contributed by atoms with Crippen LogP contribution in [-0.4, -0.2) is 39.5 Å². The average molecular weight is 480 g/mol. The maximum atomic E-state index is 12.7. The van der Waals surface area contributed by atoms with Crippen LogP contribution in [0.4, 0.5) is 0 Å². The summed E-state index contributed by atoms with van der Waals surface area (Å²) in [6.07, 6.45) is 0. The molecule has 8 nitrogen and oxygen atoms in total. The lowest BCUT2D eigenvalue weighted by Crippen LogP contribution is -2.32. The standard InChI is InChI=1S/C19H16BrClN4O4/c1-24(8-17-22-12-6-11(20)16(28-2)7-13(12)23-17)18(26)9-25-14-5-10(21)3-4-15(14)29-19(25)27/h3-7H,8-9H2,1-2H3,(H,22,23). The number of oxazole rings is 1. The lowest BCUT2D eigenvalue weighted by molar-refractivity contribution is -0.131. The molecular formula is C19H16BrClN4O4. The molecule has 10 heteroatoms. The predicted octanol–water partition coefficient (Wildman–Crippen LogP) is 3.55. The molecule has 0 aliphatic heterocycles. The molecule has 2 aromatic carbocycles. The van der Waals surface area contributed by atoms with Gasteiger partial charge in [0, 0.05) is 18.1 Å². The molecule has 0 fully saturated rings. The lowest BCUT2D eigenvalue weighted by Gasteiger charge is -2.15. The van der Waals surface area contributed by atoms with Crippen LogP contribution in [0.25, 0.3) is 22.1 Å². The number of carbonyl (C=O) groups excluding carboxylic acids is 1. The fourth-order valence-corrected chi connectivity index (χ4v) is 3.72. The van der Waals surface area contributed by atoms with Crippen LogP contribution in [0, 0.1) is 0 Å². The molecule has 2 heterocycles. The number of halogens is 2. The minimum absolute atomic E-state index is 0.164. The minimum Gasteiger partial charge on any atom is -0.495 e. The molecule has 0 bridgehead atoms. The highest BCUT2D eigenvalue weighted by Gasteiger charge is 2.17. The van der Waals surface area contributed by atoms with Crippen LogP contribution < -0.4 is 10.5 Å². The largest absolute Gasteiger partial charge is 0.495 e. The molecule has 0 saturated carbocycles. The summed E-state index contributed by atoms with van der Waals surface area (Å²) in [5, 5.41) is 0.455. The van der Waals surface area contributed by atoms with Gasteiger partial charge in [0.25, 0.3) is 0 Å². The quantitative estimate of drug-likeness (QED) is 0.472. The van der Waals surface area contributed by atoms with E-state index in [4.69, 9.17) is 20.8 Å².